The molecule has 0 unspecified atom stereocenters. The summed E-state index contributed by atoms with van der Waals surface area (Å²) in [5.74, 6) is 1.13. The van der Waals surface area contributed by atoms with Crippen LogP contribution in [0.5, 0.6) is 0 Å². The molecule has 0 aromatic carbocycles. The van der Waals surface area contributed by atoms with E-state index in [1.54, 1.807) is 11.3 Å². The van der Waals surface area contributed by atoms with E-state index >= 15 is 0 Å². The minimum Gasteiger partial charge on any atom is -0.354 e. The Labute approximate surface area is 122 Å². The molecule has 2 rings (SSSR count). The molecule has 0 radical (unpaired) electrons. The molecule has 5 nitrogen and oxygen atoms in total. The van der Waals surface area contributed by atoms with E-state index in [9.17, 15) is 4.79 Å². The van der Waals surface area contributed by atoms with Gasteiger partial charge in [-0.3, -0.25) is 4.79 Å². The Morgan fingerprint density at radius 3 is 3.10 bits per heavy atom. The summed E-state index contributed by atoms with van der Waals surface area (Å²) in [5, 5.41) is 8.84. The average molecular weight is 293 g/mol. The van der Waals surface area contributed by atoms with E-state index in [1.807, 2.05) is 24.4 Å². The third-order valence-corrected chi connectivity index (χ3v) is 3.77. The Morgan fingerprint density at radius 1 is 1.55 bits per heavy atom. The molecule has 1 atom stereocenters. The summed E-state index contributed by atoms with van der Waals surface area (Å²) < 4.78 is 5.16. The molecule has 0 aliphatic heterocycles. The molecule has 0 bridgehead atoms. The molecule has 2 aromatic rings. The monoisotopic (exact) mass is 293 g/mol. The van der Waals surface area contributed by atoms with Crippen LogP contribution in [-0.2, 0) is 11.2 Å². The molecule has 0 aliphatic rings. The maximum absolute atomic E-state index is 11.7. The number of carbonyl (C=O) groups excluding carboxylic acids is 1. The second kappa shape index (κ2) is 7.19. The zero-order chi connectivity index (χ0) is 14.4. The number of hydrogen-bond acceptors (Lipinski definition) is 5. The van der Waals surface area contributed by atoms with E-state index in [0.29, 0.717) is 24.6 Å². The van der Waals surface area contributed by atoms with E-state index in [4.69, 9.17) is 4.52 Å². The molecule has 2 aromatic heterocycles. The van der Waals surface area contributed by atoms with E-state index in [-0.39, 0.29) is 11.9 Å². The Balaban J connectivity index is 1.81. The highest BCUT2D eigenvalue weighted by molar-refractivity contribution is 7.13. The van der Waals surface area contributed by atoms with Crippen LogP contribution in [0.4, 0.5) is 0 Å². The van der Waals surface area contributed by atoms with Crippen LogP contribution in [0.3, 0.4) is 0 Å². The van der Waals surface area contributed by atoms with Crippen molar-refractivity contribution >= 4 is 17.2 Å². The van der Waals surface area contributed by atoms with Gasteiger partial charge in [-0.1, -0.05) is 24.6 Å². The quantitative estimate of drug-likeness (QED) is 0.852. The van der Waals surface area contributed by atoms with Gasteiger partial charge in [0.1, 0.15) is 0 Å². The Morgan fingerprint density at radius 2 is 2.40 bits per heavy atom. The second-order valence-electron chi connectivity index (χ2n) is 4.75. The highest BCUT2D eigenvalue weighted by atomic mass is 32.1. The van der Waals surface area contributed by atoms with Crippen molar-refractivity contribution in [3.8, 4) is 10.7 Å². The lowest BCUT2D eigenvalue weighted by atomic mass is 10.2. The van der Waals surface area contributed by atoms with Crippen molar-refractivity contribution in [1.29, 1.82) is 0 Å². The summed E-state index contributed by atoms with van der Waals surface area (Å²) in [4.78, 5) is 17.0. The van der Waals surface area contributed by atoms with Crippen molar-refractivity contribution in [2.45, 2.75) is 45.6 Å². The third-order valence-electron chi connectivity index (χ3n) is 2.90. The molecule has 108 valence electrons. The minimum atomic E-state index is 0.0295. The standard InChI is InChI=1S/C14H19N3O2S/c1-3-5-10(2)15-12(18)7-8-13-16-14(17-19-13)11-6-4-9-20-11/h4,6,9-10H,3,5,7-8H2,1-2H3,(H,15,18)/t10-/m1/s1. The lowest BCUT2D eigenvalue weighted by Crippen LogP contribution is -2.32. The SMILES string of the molecule is CCC[C@@H](C)NC(=O)CCc1nc(-c2cccs2)no1. The fraction of sp³-hybridized carbons (Fsp3) is 0.500. The first-order valence-corrected chi connectivity index (χ1v) is 7.72. The Kier molecular flexibility index (Phi) is 5.29. The molecule has 0 aliphatic carbocycles. The van der Waals surface area contributed by atoms with Crippen LogP contribution < -0.4 is 5.32 Å². The number of amides is 1. The largest absolute Gasteiger partial charge is 0.354 e. The Bertz CT molecular complexity index is 536. The van der Waals surface area contributed by atoms with Gasteiger partial charge in [-0.05, 0) is 24.8 Å². The molecular formula is C14H19N3O2S. The molecular weight excluding hydrogens is 274 g/mol. The fourth-order valence-electron chi connectivity index (χ4n) is 1.93. The summed E-state index contributed by atoms with van der Waals surface area (Å²) in [7, 11) is 0. The van der Waals surface area contributed by atoms with Gasteiger partial charge < -0.3 is 9.84 Å². The van der Waals surface area contributed by atoms with Crippen molar-refractivity contribution in [1.82, 2.24) is 15.5 Å². The van der Waals surface area contributed by atoms with Gasteiger partial charge in [-0.2, -0.15) is 4.98 Å². The fourth-order valence-corrected chi connectivity index (χ4v) is 2.58. The first-order valence-electron chi connectivity index (χ1n) is 6.85. The van der Waals surface area contributed by atoms with Crippen molar-refractivity contribution < 1.29 is 9.32 Å². The topological polar surface area (TPSA) is 68.0 Å². The number of nitrogens with zero attached hydrogens (tertiary/aromatic N) is 2. The maximum atomic E-state index is 11.7. The number of nitrogens with one attached hydrogen (secondary N) is 1. The lowest BCUT2D eigenvalue weighted by molar-refractivity contribution is -0.121. The smallest absolute Gasteiger partial charge is 0.227 e. The number of thiophene rings is 1. The van der Waals surface area contributed by atoms with Crippen molar-refractivity contribution in [3.63, 3.8) is 0 Å². The van der Waals surface area contributed by atoms with Gasteiger partial charge in [-0.25, -0.2) is 0 Å². The zero-order valence-electron chi connectivity index (χ0n) is 11.8. The number of aromatic nitrogens is 2. The molecule has 0 fully saturated rings. The van der Waals surface area contributed by atoms with Crippen LogP contribution in [0.15, 0.2) is 22.0 Å². The van der Waals surface area contributed by atoms with Crippen LogP contribution in [0.2, 0.25) is 0 Å². The van der Waals surface area contributed by atoms with Gasteiger partial charge in [0.05, 0.1) is 4.88 Å². The number of aryl methyl sites for hydroxylation is 1. The lowest BCUT2D eigenvalue weighted by Gasteiger charge is -2.11. The molecule has 0 spiro atoms. The summed E-state index contributed by atoms with van der Waals surface area (Å²) in [5.41, 5.74) is 0. The third kappa shape index (κ3) is 4.16. The zero-order valence-corrected chi connectivity index (χ0v) is 12.6. The van der Waals surface area contributed by atoms with E-state index in [2.05, 4.69) is 22.4 Å². The summed E-state index contributed by atoms with van der Waals surface area (Å²) >= 11 is 1.56. The van der Waals surface area contributed by atoms with E-state index in [1.165, 1.54) is 0 Å². The highest BCUT2D eigenvalue weighted by Gasteiger charge is 2.12. The second-order valence-corrected chi connectivity index (χ2v) is 5.69. The van der Waals surface area contributed by atoms with Gasteiger partial charge in [0.15, 0.2) is 0 Å². The van der Waals surface area contributed by atoms with Crippen LogP contribution in [0, 0.1) is 0 Å². The van der Waals surface area contributed by atoms with Gasteiger partial charge >= 0.3 is 0 Å². The van der Waals surface area contributed by atoms with Gasteiger partial charge in [0, 0.05) is 18.9 Å². The molecule has 6 heteroatoms. The number of carbonyl (C=O) groups is 1. The molecule has 0 saturated carbocycles. The van der Waals surface area contributed by atoms with Crippen LogP contribution in [0.1, 0.15) is 39.0 Å². The first kappa shape index (κ1) is 14.7. The maximum Gasteiger partial charge on any atom is 0.227 e. The normalized spacial score (nSPS) is 12.3. The Hall–Kier alpha value is -1.69. The summed E-state index contributed by atoms with van der Waals surface area (Å²) in [6, 6.07) is 4.11. The number of rotatable bonds is 7. The predicted molar refractivity (Wildman–Crippen MR) is 78.4 cm³/mol. The van der Waals surface area contributed by atoms with Gasteiger partial charge in [0.25, 0.3) is 0 Å². The van der Waals surface area contributed by atoms with Crippen LogP contribution >= 0.6 is 11.3 Å². The first-order chi connectivity index (χ1) is 9.69. The number of hydrogen-bond donors (Lipinski definition) is 1. The molecule has 1 N–H and O–H groups in total. The van der Waals surface area contributed by atoms with Crippen molar-refractivity contribution in [3.05, 3.63) is 23.4 Å². The molecule has 20 heavy (non-hydrogen) atoms. The van der Waals surface area contributed by atoms with E-state index < -0.39 is 0 Å². The molecule has 2 heterocycles. The van der Waals surface area contributed by atoms with Gasteiger partial charge in [0.2, 0.25) is 17.6 Å². The molecule has 0 saturated heterocycles. The highest BCUT2D eigenvalue weighted by Crippen LogP contribution is 2.21. The summed E-state index contributed by atoms with van der Waals surface area (Å²) in [6.45, 7) is 4.12. The van der Waals surface area contributed by atoms with Crippen molar-refractivity contribution in [2.24, 2.45) is 0 Å². The summed E-state index contributed by atoms with van der Waals surface area (Å²) in [6.07, 6.45) is 2.91. The average Bonchev–Trinajstić information content (AvgIpc) is 3.07. The van der Waals surface area contributed by atoms with Crippen LogP contribution in [-0.4, -0.2) is 22.1 Å². The van der Waals surface area contributed by atoms with Crippen molar-refractivity contribution in [2.75, 3.05) is 0 Å². The van der Waals surface area contributed by atoms with Crippen LogP contribution in [0.25, 0.3) is 10.7 Å². The minimum absolute atomic E-state index is 0.0295. The van der Waals surface area contributed by atoms with Gasteiger partial charge in [-0.15, -0.1) is 11.3 Å². The van der Waals surface area contributed by atoms with E-state index in [0.717, 1.165) is 17.7 Å². The molecule has 1 amide bonds. The predicted octanol–water partition coefficient (Wildman–Crippen LogP) is 3.04.